The number of anilines is 4. The Morgan fingerprint density at radius 2 is 1.73 bits per heavy atom. The van der Waals surface area contributed by atoms with Gasteiger partial charge in [0, 0.05) is 31.4 Å². The summed E-state index contributed by atoms with van der Waals surface area (Å²) in [5.74, 6) is 1.06. The number of nitrogens with zero attached hydrogens (tertiary/aromatic N) is 6. The second kappa shape index (κ2) is 10.6. The predicted octanol–water partition coefficient (Wildman–Crippen LogP) is 4.26. The van der Waals surface area contributed by atoms with Crippen molar-refractivity contribution in [2.75, 3.05) is 41.8 Å². The van der Waals surface area contributed by atoms with Crippen LogP contribution in [0.5, 0.6) is 0 Å². The number of amides is 1. The van der Waals surface area contributed by atoms with E-state index in [1.165, 1.54) is 6.92 Å². The van der Waals surface area contributed by atoms with Gasteiger partial charge in [-0.15, -0.1) is 5.11 Å². The highest BCUT2D eigenvalue weighted by Crippen LogP contribution is 2.23. The first kappa shape index (κ1) is 22.3. The van der Waals surface area contributed by atoms with Gasteiger partial charge in [0.05, 0.1) is 19.3 Å². The van der Waals surface area contributed by atoms with Crippen LogP contribution in [0.3, 0.4) is 0 Å². The topological polar surface area (TPSA) is 117 Å². The van der Waals surface area contributed by atoms with E-state index in [-0.39, 0.29) is 17.9 Å². The Bertz CT molecular complexity index is 1100. The van der Waals surface area contributed by atoms with Crippen molar-refractivity contribution in [3.63, 3.8) is 0 Å². The summed E-state index contributed by atoms with van der Waals surface area (Å²) in [6, 6.07) is 17.0. The number of para-hydroxylation sites is 1. The standard InChI is InChI=1S/C23H26N8O2/c1-16(18-8-10-20(11-9-18)24-17(2)32)29-30-22-26-21(25-19-6-4-3-5-7-19)27-23(28-22)31-12-14-33-15-13-31/h3-11,16H,12-15H2,1-2H3,(H,24,32)(H,25,26,27,28). The van der Waals surface area contributed by atoms with Gasteiger partial charge in [0.25, 0.3) is 5.95 Å². The Morgan fingerprint density at radius 1 is 1.00 bits per heavy atom. The maximum absolute atomic E-state index is 11.2. The van der Waals surface area contributed by atoms with Crippen molar-refractivity contribution in [2.45, 2.75) is 19.9 Å². The van der Waals surface area contributed by atoms with Crippen LogP contribution >= 0.6 is 0 Å². The number of azo groups is 1. The van der Waals surface area contributed by atoms with E-state index >= 15 is 0 Å². The zero-order valence-electron chi connectivity index (χ0n) is 18.6. The van der Waals surface area contributed by atoms with Gasteiger partial charge in [-0.1, -0.05) is 30.3 Å². The quantitative estimate of drug-likeness (QED) is 0.521. The van der Waals surface area contributed by atoms with Crippen molar-refractivity contribution in [3.05, 3.63) is 60.2 Å². The molecule has 1 aliphatic rings. The lowest BCUT2D eigenvalue weighted by atomic mass is 10.1. The number of hydrogen-bond acceptors (Lipinski definition) is 9. The number of benzene rings is 2. The minimum Gasteiger partial charge on any atom is -0.378 e. The van der Waals surface area contributed by atoms with Gasteiger partial charge >= 0.3 is 0 Å². The number of nitrogens with one attached hydrogen (secondary N) is 2. The average Bonchev–Trinajstić information content (AvgIpc) is 2.84. The van der Waals surface area contributed by atoms with Crippen molar-refractivity contribution in [1.29, 1.82) is 0 Å². The van der Waals surface area contributed by atoms with E-state index in [0.29, 0.717) is 38.2 Å². The molecule has 33 heavy (non-hydrogen) atoms. The maximum atomic E-state index is 11.2. The van der Waals surface area contributed by atoms with Crippen molar-refractivity contribution in [3.8, 4) is 0 Å². The van der Waals surface area contributed by atoms with Gasteiger partial charge in [-0.2, -0.15) is 20.1 Å². The third-order valence-corrected chi connectivity index (χ3v) is 4.97. The van der Waals surface area contributed by atoms with Gasteiger partial charge in [0.15, 0.2) is 0 Å². The first-order chi connectivity index (χ1) is 16.1. The molecular weight excluding hydrogens is 420 g/mol. The summed E-state index contributed by atoms with van der Waals surface area (Å²) in [6.07, 6.45) is 0. The van der Waals surface area contributed by atoms with Crippen LogP contribution in [0.2, 0.25) is 0 Å². The van der Waals surface area contributed by atoms with Crippen LogP contribution in [0.25, 0.3) is 0 Å². The van der Waals surface area contributed by atoms with Crippen LogP contribution < -0.4 is 15.5 Å². The second-order valence-electron chi connectivity index (χ2n) is 7.54. The Kier molecular flexibility index (Phi) is 7.16. The van der Waals surface area contributed by atoms with Crippen LogP contribution in [-0.4, -0.2) is 47.2 Å². The van der Waals surface area contributed by atoms with Crippen LogP contribution in [0.4, 0.5) is 29.2 Å². The number of hydrogen-bond donors (Lipinski definition) is 2. The minimum atomic E-state index is -0.217. The van der Waals surface area contributed by atoms with Gasteiger partial charge < -0.3 is 20.3 Å². The molecule has 10 heteroatoms. The summed E-state index contributed by atoms with van der Waals surface area (Å²) >= 11 is 0. The molecule has 170 valence electrons. The molecule has 4 rings (SSSR count). The van der Waals surface area contributed by atoms with E-state index in [0.717, 1.165) is 16.9 Å². The lowest BCUT2D eigenvalue weighted by Gasteiger charge is -2.26. The Hall–Kier alpha value is -3.92. The second-order valence-corrected chi connectivity index (χ2v) is 7.54. The number of ether oxygens (including phenoxy) is 1. The van der Waals surface area contributed by atoms with Crippen LogP contribution in [0.1, 0.15) is 25.5 Å². The molecule has 1 aromatic heterocycles. The molecule has 0 saturated carbocycles. The van der Waals surface area contributed by atoms with Gasteiger partial charge in [-0.25, -0.2) is 0 Å². The van der Waals surface area contributed by atoms with Gasteiger partial charge in [0.2, 0.25) is 17.8 Å². The smallest absolute Gasteiger partial charge is 0.275 e. The molecule has 2 N–H and O–H groups in total. The molecule has 3 aromatic rings. The van der Waals surface area contributed by atoms with E-state index in [1.807, 2.05) is 66.4 Å². The number of morpholine rings is 1. The summed E-state index contributed by atoms with van der Waals surface area (Å²) in [5.41, 5.74) is 2.56. The lowest BCUT2D eigenvalue weighted by Crippen LogP contribution is -2.37. The van der Waals surface area contributed by atoms with E-state index in [9.17, 15) is 4.79 Å². The minimum absolute atomic E-state index is 0.110. The van der Waals surface area contributed by atoms with E-state index in [4.69, 9.17) is 4.74 Å². The van der Waals surface area contributed by atoms with Crippen LogP contribution in [-0.2, 0) is 9.53 Å². The van der Waals surface area contributed by atoms with Crippen LogP contribution in [0, 0.1) is 0 Å². The third kappa shape index (κ3) is 6.30. The number of carbonyl (C=O) groups is 1. The zero-order valence-corrected chi connectivity index (χ0v) is 18.6. The highest BCUT2D eigenvalue weighted by molar-refractivity contribution is 5.88. The normalized spacial score (nSPS) is 14.8. The fraction of sp³-hybridized carbons (Fsp3) is 0.304. The molecule has 2 aromatic carbocycles. The van der Waals surface area contributed by atoms with Crippen molar-refractivity contribution >= 4 is 35.1 Å². The number of rotatable bonds is 7. The summed E-state index contributed by atoms with van der Waals surface area (Å²) in [5, 5.41) is 14.7. The van der Waals surface area contributed by atoms with E-state index in [2.05, 4.69) is 35.8 Å². The van der Waals surface area contributed by atoms with Crippen molar-refractivity contribution in [2.24, 2.45) is 10.2 Å². The molecule has 0 bridgehead atoms. The zero-order chi connectivity index (χ0) is 23.0. The van der Waals surface area contributed by atoms with Gasteiger partial charge in [-0.3, -0.25) is 4.79 Å². The SMILES string of the molecule is CC(=O)Nc1ccc(C(C)N=Nc2nc(Nc3ccccc3)nc(N3CCOCC3)n2)cc1. The molecule has 1 fully saturated rings. The molecule has 0 radical (unpaired) electrons. The van der Waals surface area contributed by atoms with Crippen molar-refractivity contribution in [1.82, 2.24) is 15.0 Å². The molecule has 2 heterocycles. The molecule has 1 aliphatic heterocycles. The summed E-state index contributed by atoms with van der Waals surface area (Å²) in [7, 11) is 0. The molecule has 10 nitrogen and oxygen atoms in total. The molecule has 1 amide bonds. The first-order valence-corrected chi connectivity index (χ1v) is 10.8. The van der Waals surface area contributed by atoms with Gasteiger partial charge in [-0.05, 0) is 36.8 Å². The average molecular weight is 447 g/mol. The summed E-state index contributed by atoms with van der Waals surface area (Å²) in [6.45, 7) is 6.05. The van der Waals surface area contributed by atoms with Crippen molar-refractivity contribution < 1.29 is 9.53 Å². The highest BCUT2D eigenvalue weighted by Gasteiger charge is 2.17. The molecular formula is C23H26N8O2. The lowest BCUT2D eigenvalue weighted by molar-refractivity contribution is -0.114. The maximum Gasteiger partial charge on any atom is 0.275 e. The summed E-state index contributed by atoms with van der Waals surface area (Å²) in [4.78, 5) is 26.8. The van der Waals surface area contributed by atoms with Crippen LogP contribution in [0.15, 0.2) is 64.8 Å². The number of carbonyl (C=O) groups excluding carboxylic acids is 1. The molecule has 1 saturated heterocycles. The fourth-order valence-corrected chi connectivity index (χ4v) is 3.26. The molecule has 1 unspecified atom stereocenters. The first-order valence-electron chi connectivity index (χ1n) is 10.8. The molecule has 0 spiro atoms. The number of aromatic nitrogens is 3. The molecule has 1 atom stereocenters. The Labute approximate surface area is 192 Å². The largest absolute Gasteiger partial charge is 0.378 e. The Morgan fingerprint density at radius 3 is 2.42 bits per heavy atom. The highest BCUT2D eigenvalue weighted by atomic mass is 16.5. The fourth-order valence-electron chi connectivity index (χ4n) is 3.26. The summed E-state index contributed by atoms with van der Waals surface area (Å²) < 4.78 is 5.44. The van der Waals surface area contributed by atoms with Gasteiger partial charge in [0.1, 0.15) is 0 Å². The Balaban J connectivity index is 1.55. The third-order valence-electron chi connectivity index (χ3n) is 4.97. The van der Waals surface area contributed by atoms with E-state index in [1.54, 1.807) is 0 Å². The van der Waals surface area contributed by atoms with E-state index < -0.39 is 0 Å². The predicted molar refractivity (Wildman–Crippen MR) is 126 cm³/mol. The molecule has 0 aliphatic carbocycles. The monoisotopic (exact) mass is 446 g/mol.